The maximum absolute atomic E-state index is 12.8. The van der Waals surface area contributed by atoms with Crippen LogP contribution in [0.4, 0.5) is 0 Å². The third-order valence-corrected chi connectivity index (χ3v) is 6.09. The van der Waals surface area contributed by atoms with E-state index in [1.54, 1.807) is 25.5 Å². The van der Waals surface area contributed by atoms with Gasteiger partial charge in [-0.05, 0) is 44.9 Å². The SMILES string of the molecule is CC(O)C1CC1C(=O)N1C2CCC1CC(NC(=O)Cc1cnccn1)C2. The first-order valence-electron chi connectivity index (χ1n) is 9.57. The highest BCUT2D eigenvalue weighted by Gasteiger charge is 2.52. The molecule has 2 amide bonds. The van der Waals surface area contributed by atoms with E-state index in [1.807, 2.05) is 0 Å². The van der Waals surface area contributed by atoms with Crippen molar-refractivity contribution in [3.05, 3.63) is 24.3 Å². The Morgan fingerprint density at radius 2 is 2.00 bits per heavy atom. The average molecular weight is 358 g/mol. The molecule has 1 aromatic rings. The van der Waals surface area contributed by atoms with Crippen LogP contribution in [-0.2, 0) is 16.0 Å². The summed E-state index contributed by atoms with van der Waals surface area (Å²) in [6.07, 6.45) is 9.10. The molecular formula is C19H26N4O3. The zero-order chi connectivity index (χ0) is 18.3. The van der Waals surface area contributed by atoms with Crippen molar-refractivity contribution in [1.82, 2.24) is 20.2 Å². The fraction of sp³-hybridized carbons (Fsp3) is 0.684. The van der Waals surface area contributed by atoms with E-state index in [1.165, 1.54) is 0 Å². The lowest BCUT2D eigenvalue weighted by atomic mass is 9.96. The predicted molar refractivity (Wildman–Crippen MR) is 93.8 cm³/mol. The van der Waals surface area contributed by atoms with Gasteiger partial charge in [-0.15, -0.1) is 0 Å². The molecule has 2 aliphatic heterocycles. The van der Waals surface area contributed by atoms with Crippen LogP contribution in [0, 0.1) is 11.8 Å². The van der Waals surface area contributed by atoms with Gasteiger partial charge >= 0.3 is 0 Å². The molecule has 5 atom stereocenters. The number of rotatable bonds is 5. The lowest BCUT2D eigenvalue weighted by Gasteiger charge is -2.39. The first-order valence-corrected chi connectivity index (χ1v) is 9.57. The van der Waals surface area contributed by atoms with E-state index in [9.17, 15) is 14.7 Å². The molecule has 140 valence electrons. The number of aromatic nitrogens is 2. The van der Waals surface area contributed by atoms with Gasteiger partial charge in [0.15, 0.2) is 0 Å². The van der Waals surface area contributed by atoms with Gasteiger partial charge in [0.1, 0.15) is 0 Å². The Kier molecular flexibility index (Phi) is 4.65. The molecule has 1 aliphatic carbocycles. The molecule has 7 nitrogen and oxygen atoms in total. The summed E-state index contributed by atoms with van der Waals surface area (Å²) in [5, 5.41) is 12.8. The van der Waals surface area contributed by atoms with Crippen molar-refractivity contribution < 1.29 is 14.7 Å². The predicted octanol–water partition coefficient (Wildman–Crippen LogP) is 0.674. The molecule has 3 heterocycles. The minimum Gasteiger partial charge on any atom is -0.393 e. The minimum absolute atomic E-state index is 0.000830. The first-order chi connectivity index (χ1) is 12.5. The van der Waals surface area contributed by atoms with Gasteiger partial charge in [-0.1, -0.05) is 0 Å². The Morgan fingerprint density at radius 1 is 1.27 bits per heavy atom. The van der Waals surface area contributed by atoms with Crippen molar-refractivity contribution >= 4 is 11.8 Å². The van der Waals surface area contributed by atoms with E-state index in [2.05, 4.69) is 20.2 Å². The molecule has 2 saturated heterocycles. The maximum atomic E-state index is 12.8. The third-order valence-electron chi connectivity index (χ3n) is 6.09. The lowest BCUT2D eigenvalue weighted by Crippen LogP contribution is -2.53. The molecule has 26 heavy (non-hydrogen) atoms. The number of amides is 2. The largest absolute Gasteiger partial charge is 0.393 e. The molecule has 7 heteroatoms. The van der Waals surface area contributed by atoms with Gasteiger partial charge in [-0.25, -0.2) is 0 Å². The van der Waals surface area contributed by atoms with Gasteiger partial charge in [-0.3, -0.25) is 19.6 Å². The Labute approximate surface area is 153 Å². The van der Waals surface area contributed by atoms with Crippen LogP contribution in [0.5, 0.6) is 0 Å². The summed E-state index contributed by atoms with van der Waals surface area (Å²) >= 11 is 0. The summed E-state index contributed by atoms with van der Waals surface area (Å²) in [6.45, 7) is 1.77. The molecule has 5 unspecified atom stereocenters. The molecule has 0 radical (unpaired) electrons. The van der Waals surface area contributed by atoms with Crippen LogP contribution < -0.4 is 5.32 Å². The van der Waals surface area contributed by atoms with Crippen molar-refractivity contribution in [2.24, 2.45) is 11.8 Å². The quantitative estimate of drug-likeness (QED) is 0.807. The van der Waals surface area contributed by atoms with Crippen LogP contribution in [0.1, 0.15) is 44.7 Å². The van der Waals surface area contributed by atoms with Crippen molar-refractivity contribution in [2.45, 2.75) is 69.7 Å². The lowest BCUT2D eigenvalue weighted by molar-refractivity contribution is -0.138. The van der Waals surface area contributed by atoms with Gasteiger partial charge in [0.2, 0.25) is 11.8 Å². The second kappa shape index (κ2) is 6.95. The normalized spacial score (nSPS) is 33.6. The van der Waals surface area contributed by atoms with Crippen LogP contribution in [0.25, 0.3) is 0 Å². The molecule has 3 aliphatic rings. The zero-order valence-electron chi connectivity index (χ0n) is 15.0. The minimum atomic E-state index is -0.403. The highest BCUT2D eigenvalue weighted by Crippen LogP contribution is 2.46. The number of piperidine rings is 1. The summed E-state index contributed by atoms with van der Waals surface area (Å²) in [7, 11) is 0. The molecule has 2 N–H and O–H groups in total. The molecule has 2 bridgehead atoms. The highest BCUT2D eigenvalue weighted by atomic mass is 16.3. The van der Waals surface area contributed by atoms with Crippen LogP contribution in [0.15, 0.2) is 18.6 Å². The van der Waals surface area contributed by atoms with Crippen molar-refractivity contribution in [3.63, 3.8) is 0 Å². The molecule has 3 fully saturated rings. The molecule has 4 rings (SSSR count). The zero-order valence-corrected chi connectivity index (χ0v) is 15.0. The van der Waals surface area contributed by atoms with E-state index in [-0.39, 0.29) is 48.2 Å². The number of aliphatic hydroxyl groups excluding tert-OH is 1. The van der Waals surface area contributed by atoms with Crippen LogP contribution in [0.3, 0.4) is 0 Å². The van der Waals surface area contributed by atoms with E-state index in [4.69, 9.17) is 0 Å². The van der Waals surface area contributed by atoms with Gasteiger partial charge in [-0.2, -0.15) is 0 Å². The standard InChI is InChI=1S/C19H26N4O3/c1-11(24)16-9-17(16)19(26)23-14-2-3-15(23)7-12(6-14)22-18(25)8-13-10-20-4-5-21-13/h4-5,10-12,14-17,24H,2-3,6-9H2,1H3,(H,22,25). The van der Waals surface area contributed by atoms with Crippen LogP contribution in [-0.4, -0.2) is 56.0 Å². The number of hydrogen-bond donors (Lipinski definition) is 2. The Hall–Kier alpha value is -2.02. The number of nitrogens with one attached hydrogen (secondary N) is 1. The topological polar surface area (TPSA) is 95.4 Å². The summed E-state index contributed by atoms with van der Waals surface area (Å²) in [5.41, 5.74) is 0.665. The summed E-state index contributed by atoms with van der Waals surface area (Å²) in [4.78, 5) is 35.3. The fourth-order valence-electron chi connectivity index (χ4n) is 4.74. The first kappa shape index (κ1) is 17.4. The smallest absolute Gasteiger partial charge is 0.226 e. The Balaban J connectivity index is 1.32. The van der Waals surface area contributed by atoms with E-state index < -0.39 is 6.10 Å². The van der Waals surface area contributed by atoms with Gasteiger partial charge in [0.25, 0.3) is 0 Å². The second-order valence-corrected chi connectivity index (χ2v) is 7.99. The second-order valence-electron chi connectivity index (χ2n) is 7.99. The highest BCUT2D eigenvalue weighted by molar-refractivity contribution is 5.83. The van der Waals surface area contributed by atoms with Crippen molar-refractivity contribution in [1.29, 1.82) is 0 Å². The number of aliphatic hydroxyl groups is 1. The molecule has 0 aromatic carbocycles. The van der Waals surface area contributed by atoms with Crippen molar-refractivity contribution in [3.8, 4) is 0 Å². The van der Waals surface area contributed by atoms with E-state index in [0.29, 0.717) is 5.69 Å². The van der Waals surface area contributed by atoms with Gasteiger partial charge in [0, 0.05) is 42.6 Å². The number of carbonyl (C=O) groups is 2. The van der Waals surface area contributed by atoms with Crippen LogP contribution >= 0.6 is 0 Å². The molecular weight excluding hydrogens is 332 g/mol. The van der Waals surface area contributed by atoms with Gasteiger partial charge in [0.05, 0.1) is 18.2 Å². The fourth-order valence-corrected chi connectivity index (χ4v) is 4.74. The number of fused-ring (bicyclic) bond motifs is 2. The summed E-state index contributed by atoms with van der Waals surface area (Å²) in [5.74, 6) is 0.311. The number of hydrogen-bond acceptors (Lipinski definition) is 5. The van der Waals surface area contributed by atoms with Crippen LogP contribution in [0.2, 0.25) is 0 Å². The Bertz CT molecular complexity index is 667. The summed E-state index contributed by atoms with van der Waals surface area (Å²) in [6, 6.07) is 0.559. The summed E-state index contributed by atoms with van der Waals surface area (Å²) < 4.78 is 0. The third kappa shape index (κ3) is 3.45. The molecule has 1 saturated carbocycles. The van der Waals surface area contributed by atoms with Crippen molar-refractivity contribution in [2.75, 3.05) is 0 Å². The van der Waals surface area contributed by atoms with E-state index in [0.717, 1.165) is 32.1 Å². The van der Waals surface area contributed by atoms with E-state index >= 15 is 0 Å². The maximum Gasteiger partial charge on any atom is 0.226 e. The number of carbonyl (C=O) groups excluding carboxylic acids is 2. The number of nitrogens with zero attached hydrogens (tertiary/aromatic N) is 3. The Morgan fingerprint density at radius 3 is 2.58 bits per heavy atom. The monoisotopic (exact) mass is 358 g/mol. The van der Waals surface area contributed by atoms with Gasteiger partial charge < -0.3 is 15.3 Å². The average Bonchev–Trinajstić information content (AvgIpc) is 3.36. The molecule has 0 spiro atoms. The molecule has 1 aromatic heterocycles.